The molecule has 0 aliphatic heterocycles. The maximum Gasteiger partial charge on any atom is 0.232 e. The Balaban J connectivity index is 1.48. The predicted molar refractivity (Wildman–Crippen MR) is 101 cm³/mol. The van der Waals surface area contributed by atoms with Crippen LogP contribution in [-0.2, 0) is 12.3 Å². The number of hydrogen-bond acceptors (Lipinski definition) is 8. The maximum absolute atomic E-state index is 5.85. The van der Waals surface area contributed by atoms with E-state index in [0.717, 1.165) is 23.2 Å². The van der Waals surface area contributed by atoms with Gasteiger partial charge in [0.05, 0.1) is 5.75 Å². The van der Waals surface area contributed by atoms with Crippen molar-refractivity contribution in [3.63, 3.8) is 0 Å². The number of nitrogens with zero attached hydrogens (tertiary/aromatic N) is 6. The van der Waals surface area contributed by atoms with Crippen LogP contribution in [0.25, 0.3) is 0 Å². The third kappa shape index (κ3) is 3.77. The van der Waals surface area contributed by atoms with Crippen LogP contribution in [0.15, 0.2) is 35.5 Å². The lowest BCUT2D eigenvalue weighted by Gasteiger charge is -2.08. The van der Waals surface area contributed by atoms with Gasteiger partial charge in [0.2, 0.25) is 11.9 Å². The van der Waals surface area contributed by atoms with E-state index in [1.165, 1.54) is 12.8 Å². The standard InChI is InChI=1S/C17H20N8S/c1-2-25-14(11-8-9-11)23-24-17(25)26-10-13-20-15(18)22-16(21-13)19-12-6-4-3-5-7-12/h3-7,11H,2,8-10H2,1H3,(H3,18,19,20,21,22). The molecule has 0 radical (unpaired) electrons. The van der Waals surface area contributed by atoms with Crippen LogP contribution in [0.3, 0.4) is 0 Å². The number of benzene rings is 1. The number of rotatable bonds is 7. The molecule has 134 valence electrons. The van der Waals surface area contributed by atoms with Gasteiger partial charge in [-0.05, 0) is 31.9 Å². The van der Waals surface area contributed by atoms with E-state index in [-0.39, 0.29) is 5.95 Å². The van der Waals surface area contributed by atoms with E-state index in [4.69, 9.17) is 5.73 Å². The van der Waals surface area contributed by atoms with Crippen molar-refractivity contribution in [2.24, 2.45) is 0 Å². The van der Waals surface area contributed by atoms with Crippen LogP contribution < -0.4 is 11.1 Å². The zero-order valence-electron chi connectivity index (χ0n) is 14.5. The highest BCUT2D eigenvalue weighted by Gasteiger charge is 2.30. The average molecular weight is 368 g/mol. The van der Waals surface area contributed by atoms with Crippen LogP contribution in [0.1, 0.15) is 37.3 Å². The van der Waals surface area contributed by atoms with Gasteiger partial charge < -0.3 is 15.6 Å². The fourth-order valence-electron chi connectivity index (χ4n) is 2.69. The number of thioether (sulfide) groups is 1. The fraction of sp³-hybridized carbons (Fsp3) is 0.353. The third-order valence-corrected chi connectivity index (χ3v) is 5.03. The summed E-state index contributed by atoms with van der Waals surface area (Å²) in [5.74, 6) is 3.47. The summed E-state index contributed by atoms with van der Waals surface area (Å²) >= 11 is 1.57. The molecule has 1 fully saturated rings. The van der Waals surface area contributed by atoms with Gasteiger partial charge in [-0.3, -0.25) is 0 Å². The molecule has 2 heterocycles. The lowest BCUT2D eigenvalue weighted by molar-refractivity contribution is 0.643. The molecule has 0 unspecified atom stereocenters. The summed E-state index contributed by atoms with van der Waals surface area (Å²) in [5, 5.41) is 12.7. The van der Waals surface area contributed by atoms with Gasteiger partial charge in [-0.1, -0.05) is 30.0 Å². The Hall–Kier alpha value is -2.68. The Morgan fingerprint density at radius 1 is 1.15 bits per heavy atom. The Morgan fingerprint density at radius 3 is 2.69 bits per heavy atom. The third-order valence-electron chi connectivity index (χ3n) is 4.06. The summed E-state index contributed by atoms with van der Waals surface area (Å²) in [6, 6.07) is 9.72. The molecule has 3 aromatic rings. The van der Waals surface area contributed by atoms with Crippen LogP contribution in [0.5, 0.6) is 0 Å². The average Bonchev–Trinajstić information content (AvgIpc) is 3.40. The SMILES string of the molecule is CCn1c(SCc2nc(N)nc(Nc3ccccc3)n2)nnc1C1CC1. The molecule has 1 aromatic carbocycles. The zero-order chi connectivity index (χ0) is 17.9. The molecule has 4 rings (SSSR count). The largest absolute Gasteiger partial charge is 0.368 e. The minimum absolute atomic E-state index is 0.199. The molecule has 26 heavy (non-hydrogen) atoms. The number of para-hydroxylation sites is 1. The first kappa shape index (κ1) is 16.8. The van der Waals surface area contributed by atoms with Gasteiger partial charge in [-0.25, -0.2) is 0 Å². The molecule has 3 N–H and O–H groups in total. The molecule has 0 bridgehead atoms. The Bertz CT molecular complexity index is 891. The molecule has 8 nitrogen and oxygen atoms in total. The van der Waals surface area contributed by atoms with Gasteiger partial charge in [0, 0.05) is 18.2 Å². The monoisotopic (exact) mass is 368 g/mol. The van der Waals surface area contributed by atoms with Crippen LogP contribution in [0.4, 0.5) is 17.6 Å². The topological polar surface area (TPSA) is 107 Å². The number of nitrogens with one attached hydrogen (secondary N) is 1. The van der Waals surface area contributed by atoms with Crippen molar-refractivity contribution in [2.45, 2.75) is 43.1 Å². The maximum atomic E-state index is 5.85. The highest BCUT2D eigenvalue weighted by atomic mass is 32.2. The minimum Gasteiger partial charge on any atom is -0.368 e. The van der Waals surface area contributed by atoms with Crippen molar-refractivity contribution in [1.82, 2.24) is 29.7 Å². The molecule has 1 aliphatic rings. The van der Waals surface area contributed by atoms with E-state index >= 15 is 0 Å². The van der Waals surface area contributed by atoms with Crippen LogP contribution in [-0.4, -0.2) is 29.7 Å². The van der Waals surface area contributed by atoms with E-state index in [2.05, 4.69) is 42.0 Å². The van der Waals surface area contributed by atoms with E-state index in [1.54, 1.807) is 11.8 Å². The molecule has 0 spiro atoms. The number of anilines is 3. The smallest absolute Gasteiger partial charge is 0.232 e. The lowest BCUT2D eigenvalue weighted by atomic mass is 10.3. The highest BCUT2D eigenvalue weighted by Crippen LogP contribution is 2.40. The zero-order valence-corrected chi connectivity index (χ0v) is 15.3. The van der Waals surface area contributed by atoms with Gasteiger partial charge in [0.15, 0.2) is 5.16 Å². The Morgan fingerprint density at radius 2 is 1.96 bits per heavy atom. The second-order valence-electron chi connectivity index (χ2n) is 6.07. The van der Waals surface area contributed by atoms with Crippen molar-refractivity contribution >= 4 is 29.3 Å². The summed E-state index contributed by atoms with van der Waals surface area (Å²) in [7, 11) is 0. The van der Waals surface area contributed by atoms with Gasteiger partial charge in [0.1, 0.15) is 11.6 Å². The second-order valence-corrected chi connectivity index (χ2v) is 7.01. The predicted octanol–water partition coefficient (Wildman–Crippen LogP) is 2.98. The number of nitrogen functional groups attached to an aromatic ring is 1. The lowest BCUT2D eigenvalue weighted by Crippen LogP contribution is -2.07. The summed E-state index contributed by atoms with van der Waals surface area (Å²) < 4.78 is 2.18. The molecule has 0 saturated heterocycles. The van der Waals surface area contributed by atoms with Gasteiger partial charge in [0.25, 0.3) is 0 Å². The molecule has 0 atom stereocenters. The van der Waals surface area contributed by atoms with Crippen molar-refractivity contribution in [3.05, 3.63) is 42.0 Å². The first-order valence-electron chi connectivity index (χ1n) is 8.61. The molecule has 9 heteroatoms. The van der Waals surface area contributed by atoms with Crippen LogP contribution in [0.2, 0.25) is 0 Å². The molecular weight excluding hydrogens is 348 g/mol. The van der Waals surface area contributed by atoms with E-state index in [9.17, 15) is 0 Å². The van der Waals surface area contributed by atoms with Gasteiger partial charge in [-0.15, -0.1) is 10.2 Å². The highest BCUT2D eigenvalue weighted by molar-refractivity contribution is 7.98. The quantitative estimate of drug-likeness (QED) is 0.613. The van der Waals surface area contributed by atoms with E-state index in [1.807, 2.05) is 30.3 Å². The van der Waals surface area contributed by atoms with Crippen molar-refractivity contribution < 1.29 is 0 Å². The normalized spacial score (nSPS) is 13.7. The number of hydrogen-bond donors (Lipinski definition) is 2. The first-order valence-corrected chi connectivity index (χ1v) is 9.60. The van der Waals surface area contributed by atoms with Crippen molar-refractivity contribution in [2.75, 3.05) is 11.1 Å². The number of aromatic nitrogens is 6. The Kier molecular flexibility index (Phi) is 4.70. The van der Waals surface area contributed by atoms with Crippen LogP contribution >= 0.6 is 11.8 Å². The minimum atomic E-state index is 0.199. The summed E-state index contributed by atoms with van der Waals surface area (Å²) in [6.07, 6.45) is 2.42. The first-order chi connectivity index (χ1) is 12.7. The summed E-state index contributed by atoms with van der Waals surface area (Å²) in [6.45, 7) is 2.98. The molecule has 0 amide bonds. The Labute approximate surface area is 155 Å². The molecule has 1 saturated carbocycles. The van der Waals surface area contributed by atoms with Gasteiger partial charge in [-0.2, -0.15) is 15.0 Å². The van der Waals surface area contributed by atoms with Crippen molar-refractivity contribution in [3.8, 4) is 0 Å². The molecule has 2 aromatic heterocycles. The summed E-state index contributed by atoms with van der Waals surface area (Å²) in [4.78, 5) is 12.9. The summed E-state index contributed by atoms with van der Waals surface area (Å²) in [5.41, 5.74) is 6.75. The van der Waals surface area contributed by atoms with Crippen LogP contribution in [0, 0.1) is 0 Å². The van der Waals surface area contributed by atoms with E-state index in [0.29, 0.717) is 23.4 Å². The van der Waals surface area contributed by atoms with Crippen molar-refractivity contribution in [1.29, 1.82) is 0 Å². The van der Waals surface area contributed by atoms with E-state index < -0.39 is 0 Å². The molecule has 1 aliphatic carbocycles. The molecular formula is C17H20N8S. The van der Waals surface area contributed by atoms with Gasteiger partial charge >= 0.3 is 0 Å². The second kappa shape index (κ2) is 7.28. The number of nitrogens with two attached hydrogens (primary N) is 1. The fourth-order valence-corrected chi connectivity index (χ4v) is 3.55.